The molecule has 0 spiro atoms. The van der Waals surface area contributed by atoms with E-state index in [0.717, 1.165) is 23.6 Å². The number of nitrogens with one attached hydrogen (secondary N) is 2. The lowest BCUT2D eigenvalue weighted by atomic mass is 9.92. The van der Waals surface area contributed by atoms with Gasteiger partial charge in [-0.05, 0) is 48.7 Å². The fourth-order valence-corrected chi connectivity index (χ4v) is 3.72. The van der Waals surface area contributed by atoms with Gasteiger partial charge < -0.3 is 25.0 Å². The third kappa shape index (κ3) is 7.50. The lowest BCUT2D eigenvalue weighted by Gasteiger charge is -2.24. The zero-order valence-electron chi connectivity index (χ0n) is 23.4. The number of aromatic nitrogens is 2. The van der Waals surface area contributed by atoms with Crippen molar-refractivity contribution in [1.29, 1.82) is 0 Å². The van der Waals surface area contributed by atoms with Gasteiger partial charge in [-0.2, -0.15) is 5.10 Å². The number of hydrogen-bond donors (Lipinski definition) is 2. The van der Waals surface area contributed by atoms with Gasteiger partial charge >= 0.3 is 6.03 Å². The molecular formula is C29H39N5O4. The van der Waals surface area contributed by atoms with E-state index in [4.69, 9.17) is 14.6 Å². The van der Waals surface area contributed by atoms with E-state index >= 15 is 0 Å². The summed E-state index contributed by atoms with van der Waals surface area (Å²) in [6.07, 6.45) is 0.755. The van der Waals surface area contributed by atoms with Gasteiger partial charge in [0.15, 0.2) is 0 Å². The van der Waals surface area contributed by atoms with Crippen LogP contribution in [0.25, 0.3) is 5.69 Å². The van der Waals surface area contributed by atoms with Gasteiger partial charge in [0.25, 0.3) is 0 Å². The molecule has 0 aliphatic rings. The molecule has 38 heavy (non-hydrogen) atoms. The summed E-state index contributed by atoms with van der Waals surface area (Å²) in [5, 5.41) is 10.6. The number of para-hydroxylation sites is 2. The molecule has 0 saturated heterocycles. The quantitative estimate of drug-likeness (QED) is 0.356. The van der Waals surface area contributed by atoms with Crippen molar-refractivity contribution in [2.24, 2.45) is 5.92 Å². The number of carbonyl (C=O) groups is 2. The molecule has 1 aromatic heterocycles. The van der Waals surface area contributed by atoms with E-state index in [0.29, 0.717) is 29.7 Å². The summed E-state index contributed by atoms with van der Waals surface area (Å²) in [5.74, 6) is 1.85. The van der Waals surface area contributed by atoms with Crippen LogP contribution < -0.4 is 20.1 Å². The highest BCUT2D eigenvalue weighted by Gasteiger charge is 2.23. The van der Waals surface area contributed by atoms with E-state index in [1.807, 2.05) is 42.5 Å². The largest absolute Gasteiger partial charge is 0.497 e. The van der Waals surface area contributed by atoms with Crippen molar-refractivity contribution in [1.82, 2.24) is 14.7 Å². The maximum Gasteiger partial charge on any atom is 0.322 e. The van der Waals surface area contributed by atoms with Gasteiger partial charge in [0, 0.05) is 18.0 Å². The van der Waals surface area contributed by atoms with E-state index in [9.17, 15) is 9.59 Å². The molecule has 3 aromatic rings. The van der Waals surface area contributed by atoms with Crippen LogP contribution in [0.4, 0.5) is 16.3 Å². The molecule has 2 aromatic carbocycles. The number of benzene rings is 2. The Balaban J connectivity index is 1.83. The minimum absolute atomic E-state index is 0.119. The molecule has 0 radical (unpaired) electrons. The number of urea groups is 1. The number of nitrogens with zero attached hydrogens (tertiary/aromatic N) is 3. The van der Waals surface area contributed by atoms with Crippen LogP contribution in [0.3, 0.4) is 0 Å². The fraction of sp³-hybridized carbons (Fsp3) is 0.414. The first kappa shape index (κ1) is 28.6. The Kier molecular flexibility index (Phi) is 9.39. The van der Waals surface area contributed by atoms with Crippen molar-refractivity contribution in [2.75, 3.05) is 37.9 Å². The van der Waals surface area contributed by atoms with Crippen LogP contribution in [0.15, 0.2) is 54.6 Å². The molecule has 0 atom stereocenters. The smallest absolute Gasteiger partial charge is 0.322 e. The van der Waals surface area contributed by atoms with Gasteiger partial charge in [-0.15, -0.1) is 0 Å². The minimum atomic E-state index is -0.371. The predicted octanol–water partition coefficient (Wildman–Crippen LogP) is 5.71. The summed E-state index contributed by atoms with van der Waals surface area (Å²) in [6, 6.07) is 16.1. The highest BCUT2D eigenvalue weighted by atomic mass is 16.5. The topological polar surface area (TPSA) is 97.7 Å². The van der Waals surface area contributed by atoms with E-state index in [1.165, 1.54) is 4.90 Å². The van der Waals surface area contributed by atoms with Crippen molar-refractivity contribution >= 4 is 23.4 Å². The molecule has 0 aliphatic heterocycles. The van der Waals surface area contributed by atoms with Crippen molar-refractivity contribution in [2.45, 2.75) is 46.5 Å². The van der Waals surface area contributed by atoms with Crippen LogP contribution in [0, 0.1) is 5.92 Å². The fourth-order valence-electron chi connectivity index (χ4n) is 3.72. The summed E-state index contributed by atoms with van der Waals surface area (Å²) in [6.45, 7) is 10.7. The second-order valence-electron chi connectivity index (χ2n) is 10.6. The molecule has 9 nitrogen and oxygen atoms in total. The third-order valence-corrected chi connectivity index (χ3v) is 6.01. The highest BCUT2D eigenvalue weighted by Crippen LogP contribution is 2.27. The number of ether oxygens (including phenoxy) is 2. The van der Waals surface area contributed by atoms with Crippen molar-refractivity contribution in [3.8, 4) is 17.2 Å². The van der Waals surface area contributed by atoms with E-state index in [-0.39, 0.29) is 23.9 Å². The minimum Gasteiger partial charge on any atom is -0.497 e. The predicted molar refractivity (Wildman–Crippen MR) is 150 cm³/mol. The van der Waals surface area contributed by atoms with Crippen molar-refractivity contribution < 1.29 is 19.1 Å². The van der Waals surface area contributed by atoms with E-state index in [2.05, 4.69) is 45.3 Å². The monoisotopic (exact) mass is 521 g/mol. The number of anilines is 2. The Hall–Kier alpha value is -4.01. The summed E-state index contributed by atoms with van der Waals surface area (Å²) in [5.41, 5.74) is 1.92. The normalized spacial score (nSPS) is 11.3. The van der Waals surface area contributed by atoms with E-state index in [1.54, 1.807) is 31.0 Å². The van der Waals surface area contributed by atoms with Crippen LogP contribution >= 0.6 is 0 Å². The first-order chi connectivity index (χ1) is 18.0. The Morgan fingerprint density at radius 2 is 1.68 bits per heavy atom. The number of carbonyl (C=O) groups excluding carboxylic acids is 2. The second kappa shape index (κ2) is 12.5. The molecule has 204 valence electrons. The summed E-state index contributed by atoms with van der Waals surface area (Å²) in [7, 11) is 3.16. The lowest BCUT2D eigenvalue weighted by molar-refractivity contribution is -0.116. The summed E-state index contributed by atoms with van der Waals surface area (Å²) < 4.78 is 12.3. The third-order valence-electron chi connectivity index (χ3n) is 6.01. The van der Waals surface area contributed by atoms with Gasteiger partial charge in [-0.1, -0.05) is 46.8 Å². The van der Waals surface area contributed by atoms with Crippen LogP contribution in [0.2, 0.25) is 0 Å². The molecule has 0 bridgehead atoms. The molecule has 0 fully saturated rings. The Morgan fingerprint density at radius 1 is 1.00 bits per heavy atom. The average molecular weight is 522 g/mol. The number of amides is 3. The van der Waals surface area contributed by atoms with Crippen LogP contribution in [-0.4, -0.2) is 53.9 Å². The molecule has 2 N–H and O–H groups in total. The van der Waals surface area contributed by atoms with Crippen LogP contribution in [0.1, 0.15) is 46.7 Å². The van der Waals surface area contributed by atoms with Crippen molar-refractivity contribution in [3.05, 3.63) is 60.3 Å². The zero-order chi connectivity index (χ0) is 27.9. The number of hydrogen-bond acceptors (Lipinski definition) is 5. The molecule has 3 amide bonds. The van der Waals surface area contributed by atoms with Crippen LogP contribution in [-0.2, 0) is 10.2 Å². The zero-order valence-corrected chi connectivity index (χ0v) is 23.4. The first-order valence-electron chi connectivity index (χ1n) is 12.8. The molecule has 0 unspecified atom stereocenters. The van der Waals surface area contributed by atoms with Crippen molar-refractivity contribution in [3.63, 3.8) is 0 Å². The highest BCUT2D eigenvalue weighted by molar-refractivity contribution is 5.97. The Morgan fingerprint density at radius 3 is 2.29 bits per heavy atom. The van der Waals surface area contributed by atoms with Crippen LogP contribution in [0.5, 0.6) is 11.5 Å². The van der Waals surface area contributed by atoms with Gasteiger partial charge in [0.2, 0.25) is 5.91 Å². The Labute approximate surface area is 225 Å². The maximum atomic E-state index is 13.3. The average Bonchev–Trinajstić information content (AvgIpc) is 3.31. The molecule has 0 saturated carbocycles. The maximum absolute atomic E-state index is 13.3. The molecule has 3 rings (SSSR count). The molecule has 9 heteroatoms. The molecule has 1 heterocycles. The van der Waals surface area contributed by atoms with Gasteiger partial charge in [0.1, 0.15) is 23.9 Å². The lowest BCUT2D eigenvalue weighted by Crippen LogP contribution is -2.41. The van der Waals surface area contributed by atoms with E-state index < -0.39 is 0 Å². The Bertz CT molecular complexity index is 1230. The standard InChI is InChI=1S/C29H39N5O4/c1-20(2)16-17-33(28(36)30-23-10-8-9-11-24(23)38-7)19-27(35)31-26-18-25(29(3,4)5)32-34(26)21-12-14-22(37-6)15-13-21/h8-15,18,20H,16-17,19H2,1-7H3,(H,30,36)(H,31,35). The van der Waals surface area contributed by atoms with Gasteiger partial charge in [-0.3, -0.25) is 4.79 Å². The van der Waals surface area contributed by atoms with Gasteiger partial charge in [-0.25, -0.2) is 9.48 Å². The number of rotatable bonds is 10. The first-order valence-corrected chi connectivity index (χ1v) is 12.8. The SMILES string of the molecule is COc1ccc(-n2nc(C(C)(C)C)cc2NC(=O)CN(CCC(C)C)C(=O)Nc2ccccc2OC)cc1. The second-order valence-corrected chi connectivity index (χ2v) is 10.6. The van der Waals surface area contributed by atoms with Gasteiger partial charge in [0.05, 0.1) is 31.3 Å². The summed E-state index contributed by atoms with van der Waals surface area (Å²) in [4.78, 5) is 28.0. The molecule has 0 aliphatic carbocycles. The summed E-state index contributed by atoms with van der Waals surface area (Å²) >= 11 is 0. The number of methoxy groups -OCH3 is 2. The molecular weight excluding hydrogens is 482 g/mol.